The fraction of sp³-hybridized carbons (Fsp3) is 0.750. The molecule has 31 heavy (non-hydrogen) atoms. The average molecular weight is 433 g/mol. The minimum Gasteiger partial charge on any atom is -0.487 e. The number of nitro groups is 1. The number of hydrogen-bond donors (Lipinski definition) is 1. The number of ether oxygens (including phenoxy) is 1. The van der Waals surface area contributed by atoms with E-state index in [1.54, 1.807) is 12.1 Å². The van der Waals surface area contributed by atoms with Crippen molar-refractivity contribution in [2.75, 3.05) is 40.4 Å². The SMILES string of the molecule is CCCCC1(CCCC)CC2(CN(CCCN(C)C)CN2)c2cc([N+](=O)[O-])ccc2O1. The molecular weight excluding hydrogens is 392 g/mol. The van der Waals surface area contributed by atoms with Crippen molar-refractivity contribution >= 4 is 5.69 Å². The van der Waals surface area contributed by atoms with E-state index in [1.807, 2.05) is 6.07 Å². The highest BCUT2D eigenvalue weighted by atomic mass is 16.6. The molecule has 0 radical (unpaired) electrons. The second-order valence-corrected chi connectivity index (χ2v) is 9.73. The third-order valence-electron chi connectivity index (χ3n) is 6.83. The molecule has 2 heterocycles. The van der Waals surface area contributed by atoms with Crippen molar-refractivity contribution in [1.29, 1.82) is 0 Å². The Balaban J connectivity index is 1.93. The molecular formula is C24H40N4O3. The van der Waals surface area contributed by atoms with Gasteiger partial charge in [0.25, 0.3) is 5.69 Å². The van der Waals surface area contributed by atoms with Crippen LogP contribution in [0.1, 0.15) is 70.8 Å². The van der Waals surface area contributed by atoms with Crippen LogP contribution < -0.4 is 10.1 Å². The van der Waals surface area contributed by atoms with Crippen LogP contribution in [0.15, 0.2) is 18.2 Å². The van der Waals surface area contributed by atoms with Gasteiger partial charge in [-0.15, -0.1) is 0 Å². The summed E-state index contributed by atoms with van der Waals surface area (Å²) in [4.78, 5) is 15.9. The second kappa shape index (κ2) is 10.3. The minimum absolute atomic E-state index is 0.143. The van der Waals surface area contributed by atoms with Crippen molar-refractivity contribution < 1.29 is 9.66 Å². The summed E-state index contributed by atoms with van der Waals surface area (Å²) in [5.74, 6) is 0.826. The monoisotopic (exact) mass is 432 g/mol. The van der Waals surface area contributed by atoms with Gasteiger partial charge in [-0.25, -0.2) is 0 Å². The summed E-state index contributed by atoms with van der Waals surface area (Å²) in [5.41, 5.74) is 0.603. The molecule has 1 aromatic rings. The zero-order valence-corrected chi connectivity index (χ0v) is 19.8. The molecule has 3 rings (SSSR count). The first-order valence-corrected chi connectivity index (χ1v) is 11.9. The van der Waals surface area contributed by atoms with Crippen LogP contribution in [0.3, 0.4) is 0 Å². The lowest BCUT2D eigenvalue weighted by Crippen LogP contribution is -2.53. The van der Waals surface area contributed by atoms with E-state index < -0.39 is 0 Å². The number of nitrogens with one attached hydrogen (secondary N) is 1. The van der Waals surface area contributed by atoms with E-state index in [-0.39, 0.29) is 21.8 Å². The number of unbranched alkanes of at least 4 members (excludes halogenated alkanes) is 2. The topological polar surface area (TPSA) is 70.9 Å². The van der Waals surface area contributed by atoms with Gasteiger partial charge in [0.05, 0.1) is 10.5 Å². The van der Waals surface area contributed by atoms with E-state index in [4.69, 9.17) is 4.74 Å². The molecule has 0 bridgehead atoms. The van der Waals surface area contributed by atoms with Gasteiger partial charge in [-0.1, -0.05) is 26.7 Å². The van der Waals surface area contributed by atoms with Gasteiger partial charge in [0, 0.05) is 43.9 Å². The summed E-state index contributed by atoms with van der Waals surface area (Å²) in [6.45, 7) is 8.22. The lowest BCUT2D eigenvalue weighted by atomic mass is 9.73. The van der Waals surface area contributed by atoms with E-state index in [9.17, 15) is 10.1 Å². The van der Waals surface area contributed by atoms with E-state index >= 15 is 0 Å². The Kier molecular flexibility index (Phi) is 7.94. The molecule has 0 aliphatic carbocycles. The van der Waals surface area contributed by atoms with Crippen LogP contribution in [0.2, 0.25) is 0 Å². The maximum absolute atomic E-state index is 11.5. The van der Waals surface area contributed by atoms with E-state index in [0.717, 1.165) is 89.0 Å². The second-order valence-electron chi connectivity index (χ2n) is 9.73. The minimum atomic E-state index is -0.298. The van der Waals surface area contributed by atoms with Crippen LogP contribution in [0.5, 0.6) is 5.75 Å². The molecule has 7 heteroatoms. The largest absolute Gasteiger partial charge is 0.487 e. The summed E-state index contributed by atoms with van der Waals surface area (Å²) in [7, 11) is 4.21. The normalized spacial score (nSPS) is 22.6. The Morgan fingerprint density at radius 2 is 1.90 bits per heavy atom. The Morgan fingerprint density at radius 1 is 1.19 bits per heavy atom. The van der Waals surface area contributed by atoms with Crippen LogP contribution in [0, 0.1) is 10.1 Å². The maximum Gasteiger partial charge on any atom is 0.270 e. The first-order chi connectivity index (χ1) is 14.8. The molecule has 1 aromatic carbocycles. The smallest absolute Gasteiger partial charge is 0.270 e. The molecule has 1 unspecified atom stereocenters. The fourth-order valence-corrected chi connectivity index (χ4v) is 5.23. The average Bonchev–Trinajstić information content (AvgIpc) is 3.13. The van der Waals surface area contributed by atoms with E-state index in [1.165, 1.54) is 0 Å². The summed E-state index contributed by atoms with van der Waals surface area (Å²) in [6.07, 6.45) is 8.60. The standard InChI is InChI=1S/C24H40N4O3/c1-5-7-12-23(13-8-6-2)17-24(18-27(19-25-24)15-9-14-26(3)4)21-16-20(28(29)30)10-11-22(21)31-23/h10-11,16,25H,5-9,12-15,17-19H2,1-4H3. The summed E-state index contributed by atoms with van der Waals surface area (Å²) in [5, 5.41) is 15.3. The number of fused-ring (bicyclic) bond motifs is 2. The van der Waals surface area contributed by atoms with Crippen molar-refractivity contribution in [2.45, 2.75) is 76.4 Å². The first-order valence-electron chi connectivity index (χ1n) is 11.9. The first kappa shape index (κ1) is 24.0. The number of nitro benzene ring substituents is 1. The van der Waals surface area contributed by atoms with Crippen molar-refractivity contribution in [2.24, 2.45) is 0 Å². The number of benzene rings is 1. The predicted molar refractivity (Wildman–Crippen MR) is 125 cm³/mol. The molecule has 1 fully saturated rings. The van der Waals surface area contributed by atoms with E-state index in [0.29, 0.717) is 0 Å². The molecule has 2 aliphatic rings. The lowest BCUT2D eigenvalue weighted by Gasteiger charge is -2.47. The highest BCUT2D eigenvalue weighted by Gasteiger charge is 2.52. The Hall–Kier alpha value is -1.70. The molecule has 1 atom stereocenters. The number of nitrogens with zero attached hydrogens (tertiary/aromatic N) is 3. The molecule has 2 aliphatic heterocycles. The lowest BCUT2D eigenvalue weighted by molar-refractivity contribution is -0.385. The van der Waals surface area contributed by atoms with Crippen LogP contribution in [0.4, 0.5) is 5.69 Å². The molecule has 174 valence electrons. The molecule has 1 saturated heterocycles. The van der Waals surface area contributed by atoms with Gasteiger partial charge in [-0.05, 0) is 58.8 Å². The molecule has 1 spiro atoms. The highest BCUT2D eigenvalue weighted by Crippen LogP contribution is 2.50. The van der Waals surface area contributed by atoms with Gasteiger partial charge < -0.3 is 9.64 Å². The Labute approximate surface area is 187 Å². The summed E-state index contributed by atoms with van der Waals surface area (Å²) in [6, 6.07) is 5.17. The number of non-ortho nitro benzene ring substituents is 1. The number of hydrogen-bond acceptors (Lipinski definition) is 6. The Bertz CT molecular complexity index is 746. The zero-order chi connectivity index (χ0) is 22.5. The van der Waals surface area contributed by atoms with Crippen molar-refractivity contribution in [3.8, 4) is 5.75 Å². The van der Waals surface area contributed by atoms with Crippen LogP contribution in [-0.2, 0) is 5.54 Å². The van der Waals surface area contributed by atoms with Crippen LogP contribution >= 0.6 is 0 Å². The Morgan fingerprint density at radius 3 is 2.52 bits per heavy atom. The van der Waals surface area contributed by atoms with Gasteiger partial charge in [-0.2, -0.15) is 0 Å². The van der Waals surface area contributed by atoms with Gasteiger partial charge in [-0.3, -0.25) is 20.3 Å². The van der Waals surface area contributed by atoms with Crippen LogP contribution in [0.25, 0.3) is 0 Å². The van der Waals surface area contributed by atoms with E-state index in [2.05, 4.69) is 43.1 Å². The third-order valence-corrected chi connectivity index (χ3v) is 6.83. The van der Waals surface area contributed by atoms with Gasteiger partial charge in [0.15, 0.2) is 0 Å². The van der Waals surface area contributed by atoms with Gasteiger partial charge in [0.2, 0.25) is 0 Å². The summed E-state index contributed by atoms with van der Waals surface area (Å²) >= 11 is 0. The van der Waals surface area contributed by atoms with Crippen molar-refractivity contribution in [3.05, 3.63) is 33.9 Å². The number of rotatable bonds is 11. The molecule has 7 nitrogen and oxygen atoms in total. The third kappa shape index (κ3) is 5.57. The zero-order valence-electron chi connectivity index (χ0n) is 19.8. The maximum atomic E-state index is 11.5. The fourth-order valence-electron chi connectivity index (χ4n) is 5.23. The molecule has 1 N–H and O–H groups in total. The van der Waals surface area contributed by atoms with Gasteiger partial charge in [0.1, 0.15) is 11.4 Å². The predicted octanol–water partition coefficient (Wildman–Crippen LogP) is 4.51. The molecule has 0 saturated carbocycles. The van der Waals surface area contributed by atoms with Gasteiger partial charge >= 0.3 is 0 Å². The quantitative estimate of drug-likeness (QED) is 0.410. The summed E-state index contributed by atoms with van der Waals surface area (Å²) < 4.78 is 6.71. The van der Waals surface area contributed by atoms with Crippen molar-refractivity contribution in [3.63, 3.8) is 0 Å². The van der Waals surface area contributed by atoms with Crippen LogP contribution in [-0.4, -0.2) is 60.7 Å². The van der Waals surface area contributed by atoms with Crippen molar-refractivity contribution in [1.82, 2.24) is 15.1 Å². The molecule has 0 aromatic heterocycles. The molecule has 0 amide bonds. The highest BCUT2D eigenvalue weighted by molar-refractivity contribution is 5.50.